The minimum Gasteiger partial charge on any atom is -0.444 e. The van der Waals surface area contributed by atoms with E-state index in [1.807, 2.05) is 0 Å². The molecule has 0 bridgehead atoms. The summed E-state index contributed by atoms with van der Waals surface area (Å²) in [6, 6.07) is 5.38. The molecule has 1 atom stereocenters. The molecule has 1 aromatic rings. The minimum atomic E-state index is -3.81. The maximum Gasteiger partial charge on any atom is 0.407 e. The van der Waals surface area contributed by atoms with Gasteiger partial charge >= 0.3 is 6.09 Å². The molecule has 0 spiro atoms. The van der Waals surface area contributed by atoms with Gasteiger partial charge in [0, 0.05) is 17.5 Å². The Kier molecular flexibility index (Phi) is 6.49. The summed E-state index contributed by atoms with van der Waals surface area (Å²) in [6.07, 6.45) is 0.729. The number of hydrogen-bond acceptors (Lipinski definition) is 6. The van der Waals surface area contributed by atoms with Gasteiger partial charge in [-0.1, -0.05) is 12.1 Å². The lowest BCUT2D eigenvalue weighted by molar-refractivity contribution is -0.0947. The zero-order valence-corrected chi connectivity index (χ0v) is 16.8. The number of benzene rings is 1. The Morgan fingerprint density at radius 3 is 2.52 bits per heavy atom. The Bertz CT molecular complexity index is 770. The highest BCUT2D eigenvalue weighted by Crippen LogP contribution is 2.46. The highest BCUT2D eigenvalue weighted by Gasteiger charge is 2.44. The van der Waals surface area contributed by atoms with Crippen LogP contribution in [0.25, 0.3) is 0 Å². The van der Waals surface area contributed by atoms with E-state index in [0.29, 0.717) is 6.54 Å². The summed E-state index contributed by atoms with van der Waals surface area (Å²) >= 11 is 0. The summed E-state index contributed by atoms with van der Waals surface area (Å²) in [7, 11) is -3.81. The SMILES string of the molecule is CC(C)(C)OC(=O)NCC1(COC(OS(C)(=O)=O)c2cccc(F)c2)CC1. The lowest BCUT2D eigenvalue weighted by atomic mass is 10.1. The summed E-state index contributed by atoms with van der Waals surface area (Å²) in [4.78, 5) is 11.8. The molecule has 2 rings (SSSR count). The summed E-state index contributed by atoms with van der Waals surface area (Å²) in [5.74, 6) is -0.522. The van der Waals surface area contributed by atoms with Crippen molar-refractivity contribution in [3.05, 3.63) is 35.6 Å². The monoisotopic (exact) mass is 403 g/mol. The highest BCUT2D eigenvalue weighted by molar-refractivity contribution is 7.85. The van der Waals surface area contributed by atoms with E-state index < -0.39 is 33.9 Å². The van der Waals surface area contributed by atoms with E-state index in [0.717, 1.165) is 25.2 Å². The minimum absolute atomic E-state index is 0.152. The molecule has 1 aromatic carbocycles. The molecule has 1 saturated carbocycles. The van der Waals surface area contributed by atoms with E-state index in [1.54, 1.807) is 20.8 Å². The first-order valence-electron chi connectivity index (χ1n) is 8.60. The van der Waals surface area contributed by atoms with Gasteiger partial charge in [0.15, 0.2) is 0 Å². The number of halogens is 1. The quantitative estimate of drug-likeness (QED) is 0.530. The topological polar surface area (TPSA) is 90.9 Å². The first kappa shape index (κ1) is 21.6. The van der Waals surface area contributed by atoms with Gasteiger partial charge in [-0.15, -0.1) is 0 Å². The molecule has 27 heavy (non-hydrogen) atoms. The van der Waals surface area contributed by atoms with Crippen molar-refractivity contribution in [2.24, 2.45) is 5.41 Å². The number of carbonyl (C=O) groups excluding carboxylic acids is 1. The number of rotatable bonds is 8. The van der Waals surface area contributed by atoms with Crippen LogP contribution in [0.5, 0.6) is 0 Å². The van der Waals surface area contributed by atoms with Gasteiger partial charge in [0.2, 0.25) is 6.29 Å². The molecule has 1 amide bonds. The van der Waals surface area contributed by atoms with Crippen LogP contribution < -0.4 is 5.32 Å². The average molecular weight is 403 g/mol. The number of hydrogen-bond donors (Lipinski definition) is 1. The van der Waals surface area contributed by atoms with Crippen LogP contribution in [-0.2, 0) is 23.8 Å². The Morgan fingerprint density at radius 2 is 2.00 bits per heavy atom. The van der Waals surface area contributed by atoms with Gasteiger partial charge in [-0.05, 0) is 45.7 Å². The second-order valence-corrected chi connectivity index (χ2v) is 9.45. The molecule has 1 aliphatic rings. The van der Waals surface area contributed by atoms with E-state index >= 15 is 0 Å². The molecule has 0 heterocycles. The Labute approximate surface area is 159 Å². The van der Waals surface area contributed by atoms with Crippen LogP contribution in [-0.4, -0.2) is 39.5 Å². The molecule has 1 fully saturated rings. The van der Waals surface area contributed by atoms with Crippen LogP contribution >= 0.6 is 0 Å². The van der Waals surface area contributed by atoms with Crippen molar-refractivity contribution >= 4 is 16.2 Å². The standard InChI is InChI=1S/C18H26FNO6S/c1-17(2,3)25-16(21)20-11-18(8-9-18)12-24-15(26-27(4,22)23)13-6-5-7-14(19)10-13/h5-7,10,15H,8-9,11-12H2,1-4H3,(H,20,21). The van der Waals surface area contributed by atoms with Crippen molar-refractivity contribution in [2.45, 2.75) is 45.5 Å². The number of carbonyl (C=O) groups is 1. The van der Waals surface area contributed by atoms with Crippen molar-refractivity contribution in [1.29, 1.82) is 0 Å². The molecule has 0 radical (unpaired) electrons. The maximum absolute atomic E-state index is 13.5. The van der Waals surface area contributed by atoms with Crippen molar-refractivity contribution in [2.75, 3.05) is 19.4 Å². The number of ether oxygens (including phenoxy) is 2. The van der Waals surface area contributed by atoms with Crippen LogP contribution in [0.2, 0.25) is 0 Å². The summed E-state index contributed by atoms with van der Waals surface area (Å²) in [5.41, 5.74) is -0.650. The second kappa shape index (κ2) is 8.12. The van der Waals surface area contributed by atoms with Crippen molar-refractivity contribution in [3.8, 4) is 0 Å². The van der Waals surface area contributed by atoms with E-state index in [4.69, 9.17) is 13.7 Å². The van der Waals surface area contributed by atoms with Gasteiger partial charge in [0.05, 0.1) is 12.9 Å². The van der Waals surface area contributed by atoms with Gasteiger partial charge in [-0.2, -0.15) is 8.42 Å². The fraction of sp³-hybridized carbons (Fsp3) is 0.611. The smallest absolute Gasteiger partial charge is 0.407 e. The molecular formula is C18H26FNO6S. The number of alkyl carbamates (subject to hydrolysis) is 1. The van der Waals surface area contributed by atoms with Gasteiger partial charge in [0.25, 0.3) is 10.1 Å². The largest absolute Gasteiger partial charge is 0.444 e. The lowest BCUT2D eigenvalue weighted by Gasteiger charge is -2.23. The second-order valence-electron chi connectivity index (χ2n) is 7.85. The Hall–Kier alpha value is -1.71. The van der Waals surface area contributed by atoms with Crippen LogP contribution in [0.15, 0.2) is 24.3 Å². The van der Waals surface area contributed by atoms with Gasteiger partial charge in [-0.3, -0.25) is 0 Å². The van der Waals surface area contributed by atoms with E-state index in [1.165, 1.54) is 18.2 Å². The fourth-order valence-electron chi connectivity index (χ4n) is 2.37. The third kappa shape index (κ3) is 7.82. The third-order valence-electron chi connectivity index (χ3n) is 3.89. The van der Waals surface area contributed by atoms with Gasteiger partial charge < -0.3 is 14.8 Å². The van der Waals surface area contributed by atoms with E-state index in [9.17, 15) is 17.6 Å². The molecule has 1 N–H and O–H groups in total. The zero-order valence-electron chi connectivity index (χ0n) is 16.0. The molecule has 0 saturated heterocycles. The van der Waals surface area contributed by atoms with Crippen LogP contribution in [0.1, 0.15) is 45.5 Å². The molecule has 1 unspecified atom stereocenters. The van der Waals surface area contributed by atoms with Gasteiger partial charge in [-0.25, -0.2) is 13.4 Å². The van der Waals surface area contributed by atoms with Crippen molar-refractivity contribution in [3.63, 3.8) is 0 Å². The van der Waals surface area contributed by atoms with Crippen molar-refractivity contribution < 1.29 is 31.3 Å². The zero-order chi connectivity index (χ0) is 20.3. The number of amides is 1. The predicted molar refractivity (Wildman–Crippen MR) is 96.9 cm³/mol. The molecule has 0 aromatic heterocycles. The molecule has 9 heteroatoms. The summed E-state index contributed by atoms with van der Waals surface area (Å²) < 4.78 is 52.3. The average Bonchev–Trinajstić information content (AvgIpc) is 3.27. The molecule has 1 aliphatic carbocycles. The summed E-state index contributed by atoms with van der Waals surface area (Å²) in [5, 5.41) is 2.70. The number of nitrogens with one attached hydrogen (secondary N) is 1. The first-order valence-corrected chi connectivity index (χ1v) is 10.4. The van der Waals surface area contributed by atoms with Gasteiger partial charge in [0.1, 0.15) is 11.4 Å². The van der Waals surface area contributed by atoms with Crippen LogP contribution in [0.3, 0.4) is 0 Å². The maximum atomic E-state index is 13.5. The van der Waals surface area contributed by atoms with E-state index in [2.05, 4.69) is 5.32 Å². The summed E-state index contributed by atoms with van der Waals surface area (Å²) in [6.45, 7) is 5.80. The van der Waals surface area contributed by atoms with Crippen molar-refractivity contribution in [1.82, 2.24) is 5.32 Å². The molecular weight excluding hydrogens is 377 g/mol. The van der Waals surface area contributed by atoms with Crippen LogP contribution in [0.4, 0.5) is 9.18 Å². The molecule has 152 valence electrons. The normalized spacial score (nSPS) is 17.2. The molecule has 0 aliphatic heterocycles. The van der Waals surface area contributed by atoms with Crippen LogP contribution in [0, 0.1) is 11.2 Å². The van der Waals surface area contributed by atoms with E-state index in [-0.39, 0.29) is 17.6 Å². The highest BCUT2D eigenvalue weighted by atomic mass is 32.2. The predicted octanol–water partition coefficient (Wildman–Crippen LogP) is 3.12. The molecule has 7 nitrogen and oxygen atoms in total. The Balaban J connectivity index is 1.96. The first-order chi connectivity index (χ1) is 12.4. The Morgan fingerprint density at radius 1 is 1.33 bits per heavy atom. The lowest BCUT2D eigenvalue weighted by Crippen LogP contribution is -2.37. The fourth-order valence-corrected chi connectivity index (χ4v) is 2.85. The third-order valence-corrected chi connectivity index (χ3v) is 4.41.